The molecule has 1 N–H and O–H groups in total. The number of carbonyl (C=O) groups excluding carboxylic acids is 1. The number of halogens is 6. The second-order valence-corrected chi connectivity index (χ2v) is 11.1. The number of carbonyl (C=O) groups is 1. The summed E-state index contributed by atoms with van der Waals surface area (Å²) in [5, 5.41) is 5.66. The van der Waals surface area contributed by atoms with E-state index >= 15 is 0 Å². The van der Waals surface area contributed by atoms with Crippen LogP contribution in [0, 0.1) is 11.8 Å². The quantitative estimate of drug-likeness (QED) is 0.609. The van der Waals surface area contributed by atoms with Gasteiger partial charge in [-0.3, -0.25) is 9.48 Å². The summed E-state index contributed by atoms with van der Waals surface area (Å²) in [5.74, 6) is -1.94. The van der Waals surface area contributed by atoms with Gasteiger partial charge in [-0.2, -0.15) is 31.4 Å². The maximum absolute atomic E-state index is 13.1. The molecule has 1 amide bonds. The van der Waals surface area contributed by atoms with Crippen LogP contribution in [0.1, 0.15) is 37.9 Å². The molecule has 0 unspecified atom stereocenters. The van der Waals surface area contributed by atoms with Crippen molar-refractivity contribution in [3.63, 3.8) is 0 Å². The summed E-state index contributed by atoms with van der Waals surface area (Å²) < 4.78 is 103. The van der Waals surface area contributed by atoms with Gasteiger partial charge in [0, 0.05) is 19.0 Å². The summed E-state index contributed by atoms with van der Waals surface area (Å²) in [7, 11) is -2.94. The lowest BCUT2D eigenvalue weighted by Gasteiger charge is -2.44. The number of sulfone groups is 1. The molecule has 13 heteroatoms. The zero-order valence-electron chi connectivity index (χ0n) is 17.8. The summed E-state index contributed by atoms with van der Waals surface area (Å²) in [6, 6.07) is 4.16. The monoisotopic (exact) mass is 497 g/mol. The van der Waals surface area contributed by atoms with Crippen LogP contribution in [0.4, 0.5) is 32.2 Å². The first-order chi connectivity index (χ1) is 14.9. The van der Waals surface area contributed by atoms with E-state index < -0.39 is 60.8 Å². The van der Waals surface area contributed by atoms with Crippen molar-refractivity contribution in [2.45, 2.75) is 48.7 Å². The highest BCUT2D eigenvalue weighted by Gasteiger charge is 2.50. The van der Waals surface area contributed by atoms with Gasteiger partial charge in [0.2, 0.25) is 5.91 Å². The highest BCUT2D eigenvalue weighted by Crippen LogP contribution is 2.47. The largest absolute Gasteiger partial charge is 0.435 e. The van der Waals surface area contributed by atoms with Gasteiger partial charge in [0.15, 0.2) is 15.5 Å². The molecule has 182 valence electrons. The fourth-order valence-corrected chi connectivity index (χ4v) is 5.49. The Morgan fingerprint density at radius 3 is 2.18 bits per heavy atom. The van der Waals surface area contributed by atoms with Crippen LogP contribution in [0.15, 0.2) is 35.2 Å². The number of alkyl halides is 6. The smallest absolute Gasteiger partial charge is 0.311 e. The first-order valence-corrected chi connectivity index (χ1v) is 11.3. The normalized spacial score (nSPS) is 19.8. The summed E-state index contributed by atoms with van der Waals surface area (Å²) in [4.78, 5) is 12.0. The molecule has 6 nitrogen and oxygen atoms in total. The number of aromatic nitrogens is 2. The number of benzene rings is 1. The predicted molar refractivity (Wildman–Crippen MR) is 106 cm³/mol. The van der Waals surface area contributed by atoms with Gasteiger partial charge in [-0.25, -0.2) is 8.42 Å². The molecular formula is C20H21F6N3O3S. The van der Waals surface area contributed by atoms with Crippen LogP contribution in [0.3, 0.4) is 0 Å². The third-order valence-electron chi connectivity index (χ3n) is 6.08. The van der Waals surface area contributed by atoms with Crippen molar-refractivity contribution in [1.29, 1.82) is 0 Å². The molecule has 0 spiro atoms. The van der Waals surface area contributed by atoms with Crippen LogP contribution in [0.5, 0.6) is 0 Å². The van der Waals surface area contributed by atoms with Crippen molar-refractivity contribution in [2.24, 2.45) is 18.9 Å². The van der Waals surface area contributed by atoms with Crippen molar-refractivity contribution in [3.05, 3.63) is 41.6 Å². The van der Waals surface area contributed by atoms with Crippen LogP contribution in [-0.4, -0.2) is 28.9 Å². The minimum absolute atomic E-state index is 0.112. The molecule has 1 aliphatic rings. The lowest BCUT2D eigenvalue weighted by molar-refractivity contribution is -0.141. The Labute approximate surface area is 185 Å². The summed E-state index contributed by atoms with van der Waals surface area (Å²) >= 11 is 0. The number of rotatable bonds is 5. The molecular weight excluding hydrogens is 476 g/mol. The number of amides is 1. The van der Waals surface area contributed by atoms with E-state index in [1.807, 2.05) is 0 Å². The zero-order chi connectivity index (χ0) is 25.0. The molecule has 1 fully saturated rings. The van der Waals surface area contributed by atoms with Crippen molar-refractivity contribution >= 4 is 21.6 Å². The van der Waals surface area contributed by atoms with E-state index in [1.54, 1.807) is 0 Å². The molecule has 1 aliphatic carbocycles. The SMILES string of the molecule is Cn1nc(C(F)(F)F)cc1NC(=O)C1CC(C(C)(C)S(=O)(=O)c2cccc(C(F)(F)F)c2)C1. The van der Waals surface area contributed by atoms with Gasteiger partial charge in [0.05, 0.1) is 15.2 Å². The third-order valence-corrected chi connectivity index (χ3v) is 8.67. The molecule has 0 bridgehead atoms. The Bertz CT molecular complexity index is 1160. The third kappa shape index (κ3) is 4.73. The second kappa shape index (κ2) is 8.03. The van der Waals surface area contributed by atoms with Gasteiger partial charge >= 0.3 is 12.4 Å². The molecule has 1 saturated carbocycles. The topological polar surface area (TPSA) is 81.1 Å². The summed E-state index contributed by atoms with van der Waals surface area (Å²) in [6.45, 7) is 2.77. The van der Waals surface area contributed by atoms with E-state index in [9.17, 15) is 39.6 Å². The van der Waals surface area contributed by atoms with Crippen LogP contribution < -0.4 is 5.32 Å². The van der Waals surface area contributed by atoms with Crippen molar-refractivity contribution in [3.8, 4) is 0 Å². The highest BCUT2D eigenvalue weighted by molar-refractivity contribution is 7.92. The van der Waals surface area contributed by atoms with Crippen LogP contribution >= 0.6 is 0 Å². The minimum atomic E-state index is -4.70. The number of aryl methyl sites for hydroxylation is 1. The van der Waals surface area contributed by atoms with Gasteiger partial charge < -0.3 is 5.32 Å². The van der Waals surface area contributed by atoms with Gasteiger partial charge in [0.1, 0.15) is 5.82 Å². The zero-order valence-corrected chi connectivity index (χ0v) is 18.6. The molecule has 0 radical (unpaired) electrons. The maximum atomic E-state index is 13.1. The fraction of sp³-hybridized carbons (Fsp3) is 0.500. The molecule has 33 heavy (non-hydrogen) atoms. The Balaban J connectivity index is 1.71. The highest BCUT2D eigenvalue weighted by atomic mass is 32.2. The van der Waals surface area contributed by atoms with E-state index in [2.05, 4.69) is 10.4 Å². The Morgan fingerprint density at radius 1 is 1.06 bits per heavy atom. The fourth-order valence-electron chi connectivity index (χ4n) is 3.71. The van der Waals surface area contributed by atoms with E-state index in [4.69, 9.17) is 0 Å². The molecule has 1 aromatic carbocycles. The predicted octanol–water partition coefficient (Wildman–Crippen LogP) is 4.67. The number of hydrogen-bond acceptors (Lipinski definition) is 4. The van der Waals surface area contributed by atoms with Crippen molar-refractivity contribution in [1.82, 2.24) is 9.78 Å². The van der Waals surface area contributed by atoms with Crippen molar-refractivity contribution < 1.29 is 39.6 Å². The van der Waals surface area contributed by atoms with Gasteiger partial charge in [-0.1, -0.05) is 6.07 Å². The lowest BCUT2D eigenvalue weighted by Crippen LogP contribution is -2.49. The van der Waals surface area contributed by atoms with Gasteiger partial charge in [-0.15, -0.1) is 0 Å². The molecule has 0 saturated heterocycles. The molecule has 0 aliphatic heterocycles. The van der Waals surface area contributed by atoms with Crippen LogP contribution in [-0.2, 0) is 34.0 Å². The first-order valence-electron chi connectivity index (χ1n) is 9.78. The van der Waals surface area contributed by atoms with E-state index in [1.165, 1.54) is 20.9 Å². The van der Waals surface area contributed by atoms with Gasteiger partial charge in [-0.05, 0) is 50.8 Å². The summed E-state index contributed by atoms with van der Waals surface area (Å²) in [6.07, 6.45) is -9.15. The average Bonchev–Trinajstić information content (AvgIpc) is 3.00. The van der Waals surface area contributed by atoms with E-state index in [0.29, 0.717) is 12.1 Å². The number of nitrogens with one attached hydrogen (secondary N) is 1. The van der Waals surface area contributed by atoms with Crippen LogP contribution in [0.2, 0.25) is 0 Å². The molecule has 1 heterocycles. The molecule has 0 atom stereocenters. The second-order valence-electron chi connectivity index (χ2n) is 8.52. The Kier molecular flexibility index (Phi) is 6.10. The Morgan fingerprint density at radius 2 is 1.67 bits per heavy atom. The number of hydrogen-bond donors (Lipinski definition) is 1. The Hall–Kier alpha value is -2.57. The van der Waals surface area contributed by atoms with Gasteiger partial charge in [0.25, 0.3) is 0 Å². The molecule has 2 aromatic rings. The van der Waals surface area contributed by atoms with E-state index in [-0.39, 0.29) is 18.7 Å². The number of anilines is 1. The first kappa shape index (κ1) is 25.1. The standard InChI is InChI=1S/C20H21F6N3O3S/c1-18(2,33(31,32)14-6-4-5-12(9-14)19(21,22)23)13-7-11(8-13)17(30)27-16-10-15(20(24,25)26)28-29(16)3/h4-6,9-11,13H,7-8H2,1-3H3,(H,27,30). The molecule has 3 rings (SSSR count). The van der Waals surface area contributed by atoms with E-state index in [0.717, 1.165) is 22.9 Å². The summed E-state index contributed by atoms with van der Waals surface area (Å²) in [5.41, 5.74) is -2.25. The molecule has 1 aromatic heterocycles. The van der Waals surface area contributed by atoms with Crippen LogP contribution in [0.25, 0.3) is 0 Å². The van der Waals surface area contributed by atoms with Crippen molar-refractivity contribution in [2.75, 3.05) is 5.32 Å². The maximum Gasteiger partial charge on any atom is 0.435 e. The average molecular weight is 497 g/mol. The lowest BCUT2D eigenvalue weighted by atomic mass is 9.68. The number of nitrogens with zero attached hydrogens (tertiary/aromatic N) is 2. The minimum Gasteiger partial charge on any atom is -0.311 e.